The topological polar surface area (TPSA) is 55.1 Å². The summed E-state index contributed by atoms with van der Waals surface area (Å²) < 4.78 is 13.0. The molecule has 0 saturated carbocycles. The zero-order valence-electron chi connectivity index (χ0n) is 10.2. The largest absolute Gasteiger partial charge is 0.373 e. The third kappa shape index (κ3) is 4.06. The summed E-state index contributed by atoms with van der Waals surface area (Å²) in [4.78, 5) is 11.4. The number of hydrogen-bond acceptors (Lipinski definition) is 2. The minimum absolute atomic E-state index is 0.126. The zero-order valence-corrected chi connectivity index (χ0v) is 10.2. The predicted octanol–water partition coefficient (Wildman–Crippen LogP) is 2.53. The second kappa shape index (κ2) is 6.23. The number of nitrogens with one attached hydrogen (secondary N) is 1. The molecule has 3 nitrogen and oxygen atoms in total. The predicted molar refractivity (Wildman–Crippen MR) is 67.1 cm³/mol. The zero-order chi connectivity index (χ0) is 12.8. The molecular formula is C13H19FN2O. The van der Waals surface area contributed by atoms with Crippen LogP contribution in [0.1, 0.15) is 26.7 Å². The summed E-state index contributed by atoms with van der Waals surface area (Å²) in [6, 6.07) is 5.57. The van der Waals surface area contributed by atoms with E-state index in [-0.39, 0.29) is 11.7 Å². The fraction of sp³-hybridized carbons (Fsp3) is 0.462. The third-order valence-electron chi connectivity index (χ3n) is 2.77. The molecule has 1 rings (SSSR count). The second-order valence-electron chi connectivity index (χ2n) is 4.30. The van der Waals surface area contributed by atoms with Crippen molar-refractivity contribution in [3.63, 3.8) is 0 Å². The highest BCUT2D eigenvalue weighted by atomic mass is 19.1. The van der Waals surface area contributed by atoms with Crippen molar-refractivity contribution in [2.45, 2.75) is 32.7 Å². The first-order valence-electron chi connectivity index (χ1n) is 5.86. The van der Waals surface area contributed by atoms with E-state index in [0.29, 0.717) is 5.69 Å². The summed E-state index contributed by atoms with van der Waals surface area (Å²) in [5.74, 6) is -0.614. The summed E-state index contributed by atoms with van der Waals surface area (Å²) >= 11 is 0. The molecule has 4 heteroatoms. The maximum Gasteiger partial charge on any atom is 0.240 e. The van der Waals surface area contributed by atoms with E-state index in [1.807, 2.05) is 6.92 Å². The minimum Gasteiger partial charge on any atom is -0.373 e. The Balaban J connectivity index is 2.76. The van der Waals surface area contributed by atoms with Gasteiger partial charge in [-0.15, -0.1) is 0 Å². The van der Waals surface area contributed by atoms with Gasteiger partial charge < -0.3 is 11.1 Å². The van der Waals surface area contributed by atoms with Crippen LogP contribution in [0.2, 0.25) is 0 Å². The quantitative estimate of drug-likeness (QED) is 0.800. The average molecular weight is 238 g/mol. The van der Waals surface area contributed by atoms with Gasteiger partial charge in [0.05, 0.1) is 0 Å². The molecule has 17 heavy (non-hydrogen) atoms. The van der Waals surface area contributed by atoms with Crippen LogP contribution in [-0.2, 0) is 4.79 Å². The van der Waals surface area contributed by atoms with Gasteiger partial charge in [-0.2, -0.15) is 0 Å². The standard InChI is InChI=1S/C13H19FN2O/c1-3-5-9(2)12(13(15)17)16-11-7-4-6-10(14)8-11/h4,6-9,12,16H,3,5H2,1-2H3,(H2,15,17). The van der Waals surface area contributed by atoms with Gasteiger partial charge in [0.15, 0.2) is 0 Å². The number of halogens is 1. The molecule has 0 aliphatic carbocycles. The molecule has 0 aliphatic rings. The lowest BCUT2D eigenvalue weighted by Gasteiger charge is -2.23. The van der Waals surface area contributed by atoms with Crippen LogP contribution in [-0.4, -0.2) is 11.9 Å². The SMILES string of the molecule is CCCC(C)C(Nc1cccc(F)c1)C(N)=O. The van der Waals surface area contributed by atoms with Gasteiger partial charge in [-0.3, -0.25) is 4.79 Å². The van der Waals surface area contributed by atoms with Gasteiger partial charge in [-0.1, -0.05) is 26.3 Å². The van der Waals surface area contributed by atoms with Crippen LogP contribution in [0.25, 0.3) is 0 Å². The molecule has 0 spiro atoms. The Kier molecular flexibility index (Phi) is 4.94. The smallest absolute Gasteiger partial charge is 0.240 e. The molecule has 0 bridgehead atoms. The van der Waals surface area contributed by atoms with Crippen molar-refractivity contribution < 1.29 is 9.18 Å². The van der Waals surface area contributed by atoms with E-state index in [0.717, 1.165) is 12.8 Å². The van der Waals surface area contributed by atoms with Crippen molar-refractivity contribution in [3.8, 4) is 0 Å². The molecule has 0 radical (unpaired) electrons. The van der Waals surface area contributed by atoms with E-state index < -0.39 is 11.9 Å². The number of nitrogens with two attached hydrogens (primary N) is 1. The Hall–Kier alpha value is -1.58. The Bertz CT molecular complexity index is 381. The first-order chi connectivity index (χ1) is 8.04. The van der Waals surface area contributed by atoms with Crippen molar-refractivity contribution in [1.29, 1.82) is 0 Å². The third-order valence-corrected chi connectivity index (χ3v) is 2.77. The van der Waals surface area contributed by atoms with Crippen molar-refractivity contribution in [2.75, 3.05) is 5.32 Å². The Morgan fingerprint density at radius 3 is 2.76 bits per heavy atom. The molecular weight excluding hydrogens is 219 g/mol. The number of benzene rings is 1. The lowest BCUT2D eigenvalue weighted by atomic mass is 9.96. The summed E-state index contributed by atoms with van der Waals surface area (Å²) in [6.45, 7) is 4.02. The maximum absolute atomic E-state index is 13.0. The molecule has 0 aromatic heterocycles. The summed E-state index contributed by atoms with van der Waals surface area (Å²) in [6.07, 6.45) is 1.88. The van der Waals surface area contributed by atoms with Crippen LogP contribution < -0.4 is 11.1 Å². The monoisotopic (exact) mass is 238 g/mol. The Morgan fingerprint density at radius 1 is 1.53 bits per heavy atom. The van der Waals surface area contributed by atoms with E-state index in [4.69, 9.17) is 5.73 Å². The lowest BCUT2D eigenvalue weighted by Crippen LogP contribution is -2.40. The van der Waals surface area contributed by atoms with Gasteiger partial charge in [-0.05, 0) is 30.5 Å². The van der Waals surface area contributed by atoms with Gasteiger partial charge in [0.25, 0.3) is 0 Å². The molecule has 0 saturated heterocycles. The number of primary amides is 1. The fourth-order valence-electron chi connectivity index (χ4n) is 1.87. The molecule has 1 amide bonds. The van der Waals surface area contributed by atoms with Crippen molar-refractivity contribution in [1.82, 2.24) is 0 Å². The normalized spacial score (nSPS) is 14.1. The number of amides is 1. The van der Waals surface area contributed by atoms with Crippen LogP contribution >= 0.6 is 0 Å². The highest BCUT2D eigenvalue weighted by Gasteiger charge is 2.21. The molecule has 3 N–H and O–H groups in total. The number of anilines is 1. The Morgan fingerprint density at radius 2 is 2.24 bits per heavy atom. The van der Waals surface area contributed by atoms with Gasteiger partial charge in [0, 0.05) is 5.69 Å². The molecule has 1 aromatic rings. The second-order valence-corrected chi connectivity index (χ2v) is 4.30. The maximum atomic E-state index is 13.0. The number of hydrogen-bond donors (Lipinski definition) is 2. The van der Waals surface area contributed by atoms with Gasteiger partial charge in [-0.25, -0.2) is 4.39 Å². The molecule has 94 valence electrons. The highest BCUT2D eigenvalue weighted by Crippen LogP contribution is 2.17. The van der Waals surface area contributed by atoms with E-state index in [9.17, 15) is 9.18 Å². The van der Waals surface area contributed by atoms with Crippen LogP contribution in [0.4, 0.5) is 10.1 Å². The minimum atomic E-state index is -0.461. The Labute approximate surface area is 101 Å². The van der Waals surface area contributed by atoms with Gasteiger partial charge >= 0.3 is 0 Å². The fourth-order valence-corrected chi connectivity index (χ4v) is 1.87. The summed E-state index contributed by atoms with van der Waals surface area (Å²) in [7, 11) is 0. The number of rotatable bonds is 6. The molecule has 2 atom stereocenters. The van der Waals surface area contributed by atoms with Crippen LogP contribution in [0.3, 0.4) is 0 Å². The number of carbonyl (C=O) groups is 1. The molecule has 1 aromatic carbocycles. The van der Waals surface area contributed by atoms with Gasteiger partial charge in [0.2, 0.25) is 5.91 Å². The van der Waals surface area contributed by atoms with E-state index in [1.165, 1.54) is 12.1 Å². The first kappa shape index (κ1) is 13.5. The van der Waals surface area contributed by atoms with Crippen LogP contribution in [0.5, 0.6) is 0 Å². The lowest BCUT2D eigenvalue weighted by molar-refractivity contribution is -0.119. The van der Waals surface area contributed by atoms with Crippen molar-refractivity contribution in [3.05, 3.63) is 30.1 Å². The summed E-state index contributed by atoms with van der Waals surface area (Å²) in [5.41, 5.74) is 5.94. The van der Waals surface area contributed by atoms with E-state index in [1.54, 1.807) is 12.1 Å². The molecule has 0 aliphatic heterocycles. The summed E-state index contributed by atoms with van der Waals surface area (Å²) in [5, 5.41) is 2.99. The van der Waals surface area contributed by atoms with Crippen LogP contribution in [0, 0.1) is 11.7 Å². The molecule has 0 heterocycles. The molecule has 0 fully saturated rings. The van der Waals surface area contributed by atoms with E-state index >= 15 is 0 Å². The first-order valence-corrected chi connectivity index (χ1v) is 5.86. The van der Waals surface area contributed by atoms with Crippen molar-refractivity contribution >= 4 is 11.6 Å². The number of carbonyl (C=O) groups excluding carboxylic acids is 1. The van der Waals surface area contributed by atoms with Crippen LogP contribution in [0.15, 0.2) is 24.3 Å². The highest BCUT2D eigenvalue weighted by molar-refractivity contribution is 5.83. The molecule has 2 unspecified atom stereocenters. The van der Waals surface area contributed by atoms with Gasteiger partial charge in [0.1, 0.15) is 11.9 Å². The van der Waals surface area contributed by atoms with Crippen molar-refractivity contribution in [2.24, 2.45) is 11.7 Å². The van der Waals surface area contributed by atoms with E-state index in [2.05, 4.69) is 12.2 Å². The average Bonchev–Trinajstić information content (AvgIpc) is 2.26.